The fourth-order valence-corrected chi connectivity index (χ4v) is 2.84. The molecule has 1 heterocycles. The molecule has 7 nitrogen and oxygen atoms in total. The number of halogens is 3. The highest BCUT2D eigenvalue weighted by Crippen LogP contribution is 2.25. The maximum Gasteiger partial charge on any atom is 0.573 e. The number of benzene rings is 2. The molecule has 2 aromatic rings. The van der Waals surface area contributed by atoms with Gasteiger partial charge >= 0.3 is 12.4 Å². The third kappa shape index (κ3) is 5.31. The second-order valence-corrected chi connectivity index (χ2v) is 6.17. The van der Waals surface area contributed by atoms with Gasteiger partial charge in [0.05, 0.1) is 7.11 Å². The largest absolute Gasteiger partial charge is 0.573 e. The average Bonchev–Trinajstić information content (AvgIpc) is 3.02. The number of carbonyl (C=O) groups is 2. The number of anilines is 2. The lowest BCUT2D eigenvalue weighted by Crippen LogP contribution is -2.37. The van der Waals surface area contributed by atoms with Crippen LogP contribution in [-0.4, -0.2) is 49.9 Å². The lowest BCUT2D eigenvalue weighted by atomic mass is 10.3. The molecule has 0 spiro atoms. The minimum Gasteiger partial charge on any atom is -0.497 e. The molecule has 0 aliphatic carbocycles. The zero-order valence-electron chi connectivity index (χ0n) is 15.4. The van der Waals surface area contributed by atoms with Gasteiger partial charge in [0.2, 0.25) is 5.91 Å². The monoisotopic (exact) mass is 409 g/mol. The van der Waals surface area contributed by atoms with Crippen LogP contribution < -0.4 is 19.7 Å². The third-order valence-electron chi connectivity index (χ3n) is 4.19. The van der Waals surface area contributed by atoms with Crippen LogP contribution in [0.5, 0.6) is 11.5 Å². The van der Waals surface area contributed by atoms with Crippen molar-refractivity contribution >= 4 is 23.3 Å². The lowest BCUT2D eigenvalue weighted by Gasteiger charge is -2.18. The molecular formula is C19H18F3N3O4. The van der Waals surface area contributed by atoms with Gasteiger partial charge in [-0.2, -0.15) is 0 Å². The fraction of sp³-hybridized carbons (Fsp3) is 0.263. The van der Waals surface area contributed by atoms with Crippen molar-refractivity contribution in [3.05, 3.63) is 48.5 Å². The van der Waals surface area contributed by atoms with Gasteiger partial charge in [-0.05, 0) is 48.5 Å². The molecule has 1 fully saturated rings. The van der Waals surface area contributed by atoms with Gasteiger partial charge in [-0.15, -0.1) is 13.2 Å². The van der Waals surface area contributed by atoms with Crippen molar-refractivity contribution in [2.45, 2.75) is 6.36 Å². The van der Waals surface area contributed by atoms with Gasteiger partial charge in [0.25, 0.3) is 0 Å². The Morgan fingerprint density at radius 2 is 1.66 bits per heavy atom. The minimum absolute atomic E-state index is 0.174. The topological polar surface area (TPSA) is 71.1 Å². The van der Waals surface area contributed by atoms with Crippen LogP contribution in [0.1, 0.15) is 0 Å². The zero-order chi connectivity index (χ0) is 21.0. The normalized spacial score (nSPS) is 14.1. The molecule has 29 heavy (non-hydrogen) atoms. The molecule has 1 aliphatic rings. The molecule has 1 N–H and O–H groups in total. The maximum atomic E-state index is 12.5. The quantitative estimate of drug-likeness (QED) is 0.793. The standard InChI is InChI=1S/C19H18F3N3O4/c1-28-15-8-4-14(5-9-15)25-11-10-24(18(25)27)12-17(26)23-13-2-6-16(7-3-13)29-19(20,21)22/h2-9H,10-12H2,1H3,(H,23,26). The van der Waals surface area contributed by atoms with Crippen molar-refractivity contribution in [3.63, 3.8) is 0 Å². The van der Waals surface area contributed by atoms with Crippen molar-refractivity contribution in [2.24, 2.45) is 0 Å². The molecule has 0 unspecified atom stereocenters. The van der Waals surface area contributed by atoms with E-state index in [9.17, 15) is 22.8 Å². The Bertz CT molecular complexity index is 870. The number of methoxy groups -OCH3 is 1. The number of hydrogen-bond donors (Lipinski definition) is 1. The van der Waals surface area contributed by atoms with E-state index < -0.39 is 12.3 Å². The van der Waals surface area contributed by atoms with E-state index in [-0.39, 0.29) is 18.3 Å². The number of urea groups is 1. The molecule has 0 radical (unpaired) electrons. The molecule has 3 rings (SSSR count). The molecular weight excluding hydrogens is 391 g/mol. The Labute approximate surface area is 164 Å². The number of nitrogens with zero attached hydrogens (tertiary/aromatic N) is 2. The molecule has 3 amide bonds. The van der Waals surface area contributed by atoms with Crippen molar-refractivity contribution in [3.8, 4) is 11.5 Å². The van der Waals surface area contributed by atoms with Gasteiger partial charge in [-0.3, -0.25) is 9.69 Å². The fourth-order valence-electron chi connectivity index (χ4n) is 2.84. The number of hydrogen-bond acceptors (Lipinski definition) is 4. The number of alkyl halides is 3. The molecule has 10 heteroatoms. The van der Waals surface area contributed by atoms with E-state index in [1.165, 1.54) is 17.0 Å². The number of nitrogens with one attached hydrogen (secondary N) is 1. The molecule has 0 aromatic heterocycles. The van der Waals surface area contributed by atoms with Crippen LogP contribution in [0, 0.1) is 0 Å². The zero-order valence-corrected chi connectivity index (χ0v) is 15.4. The lowest BCUT2D eigenvalue weighted by molar-refractivity contribution is -0.274. The Morgan fingerprint density at radius 1 is 1.03 bits per heavy atom. The van der Waals surface area contributed by atoms with Crippen LogP contribution in [0.15, 0.2) is 48.5 Å². The molecule has 0 saturated carbocycles. The predicted molar refractivity (Wildman–Crippen MR) is 99.1 cm³/mol. The van der Waals surface area contributed by atoms with Gasteiger partial charge in [0, 0.05) is 24.5 Å². The Morgan fingerprint density at radius 3 is 2.24 bits per heavy atom. The highest BCUT2D eigenvalue weighted by atomic mass is 19.4. The third-order valence-corrected chi connectivity index (χ3v) is 4.19. The first kappa shape index (κ1) is 20.3. The summed E-state index contributed by atoms with van der Waals surface area (Å²) in [5.41, 5.74) is 0.988. The van der Waals surface area contributed by atoms with Gasteiger partial charge in [0.1, 0.15) is 18.0 Å². The SMILES string of the molecule is COc1ccc(N2CCN(CC(=O)Nc3ccc(OC(F)(F)F)cc3)C2=O)cc1. The van der Waals surface area contributed by atoms with E-state index in [2.05, 4.69) is 10.1 Å². The molecule has 0 bridgehead atoms. The number of rotatable bonds is 6. The Balaban J connectivity index is 1.55. The Kier molecular flexibility index (Phi) is 5.81. The van der Waals surface area contributed by atoms with Gasteiger partial charge in [-0.25, -0.2) is 4.79 Å². The van der Waals surface area contributed by atoms with Crippen LogP contribution >= 0.6 is 0 Å². The number of amides is 3. The Hall–Kier alpha value is -3.43. The summed E-state index contributed by atoms with van der Waals surface area (Å²) in [5, 5.41) is 2.54. The average molecular weight is 409 g/mol. The highest BCUT2D eigenvalue weighted by Gasteiger charge is 2.32. The summed E-state index contributed by atoms with van der Waals surface area (Å²) in [7, 11) is 1.55. The van der Waals surface area contributed by atoms with Crippen molar-refractivity contribution in [1.82, 2.24) is 4.90 Å². The summed E-state index contributed by atoms with van der Waals surface area (Å²) in [5.74, 6) is -0.178. The van der Waals surface area contributed by atoms with E-state index in [4.69, 9.17) is 4.74 Å². The number of carbonyl (C=O) groups excluding carboxylic acids is 2. The molecule has 0 atom stereocenters. The second-order valence-electron chi connectivity index (χ2n) is 6.17. The first-order valence-corrected chi connectivity index (χ1v) is 8.61. The van der Waals surface area contributed by atoms with Crippen LogP contribution in [0.3, 0.4) is 0 Å². The highest BCUT2D eigenvalue weighted by molar-refractivity contribution is 5.99. The van der Waals surface area contributed by atoms with Crippen LogP contribution in [0.25, 0.3) is 0 Å². The summed E-state index contributed by atoms with van der Waals surface area (Å²) in [6, 6.07) is 11.4. The van der Waals surface area contributed by atoms with Gasteiger partial charge in [-0.1, -0.05) is 0 Å². The van der Waals surface area contributed by atoms with Gasteiger partial charge < -0.3 is 19.7 Å². The van der Waals surface area contributed by atoms with Gasteiger partial charge in [0.15, 0.2) is 0 Å². The molecule has 154 valence electrons. The van der Waals surface area contributed by atoms with Crippen LogP contribution in [-0.2, 0) is 4.79 Å². The van der Waals surface area contributed by atoms with E-state index >= 15 is 0 Å². The second kappa shape index (κ2) is 8.29. The van der Waals surface area contributed by atoms with Crippen LogP contribution in [0.2, 0.25) is 0 Å². The summed E-state index contributed by atoms with van der Waals surface area (Å²) >= 11 is 0. The van der Waals surface area contributed by atoms with E-state index in [1.54, 1.807) is 36.3 Å². The molecule has 1 aliphatic heterocycles. The summed E-state index contributed by atoms with van der Waals surface area (Å²) in [4.78, 5) is 27.7. The van der Waals surface area contributed by atoms with E-state index in [0.29, 0.717) is 30.2 Å². The molecule has 1 saturated heterocycles. The molecule has 2 aromatic carbocycles. The summed E-state index contributed by atoms with van der Waals surface area (Å²) in [6.45, 7) is 0.630. The van der Waals surface area contributed by atoms with Crippen molar-refractivity contribution in [2.75, 3.05) is 37.0 Å². The smallest absolute Gasteiger partial charge is 0.497 e. The minimum atomic E-state index is -4.78. The van der Waals surface area contributed by atoms with E-state index in [0.717, 1.165) is 12.1 Å². The predicted octanol–water partition coefficient (Wildman–Crippen LogP) is 3.47. The van der Waals surface area contributed by atoms with Crippen molar-refractivity contribution in [1.29, 1.82) is 0 Å². The van der Waals surface area contributed by atoms with E-state index in [1.807, 2.05) is 0 Å². The maximum absolute atomic E-state index is 12.5. The summed E-state index contributed by atoms with van der Waals surface area (Å²) in [6.07, 6.45) is -4.78. The first-order valence-electron chi connectivity index (χ1n) is 8.61. The summed E-state index contributed by atoms with van der Waals surface area (Å²) < 4.78 is 45.4. The van der Waals surface area contributed by atoms with Crippen molar-refractivity contribution < 1.29 is 32.2 Å². The van der Waals surface area contributed by atoms with Crippen LogP contribution in [0.4, 0.5) is 29.3 Å². The number of ether oxygens (including phenoxy) is 2. The first-order chi connectivity index (χ1) is 13.7.